The molecule has 0 radical (unpaired) electrons. The van der Waals surface area contributed by atoms with Crippen molar-refractivity contribution in [3.8, 4) is 0 Å². The Morgan fingerprint density at radius 2 is 1.48 bits per heavy atom. The summed E-state index contributed by atoms with van der Waals surface area (Å²) in [5.74, 6) is -0.464. The van der Waals surface area contributed by atoms with E-state index in [-0.39, 0.29) is 16.7 Å². The van der Waals surface area contributed by atoms with Gasteiger partial charge in [0.05, 0.1) is 16.8 Å². The molecule has 0 atom stereocenters. The lowest BCUT2D eigenvalue weighted by Crippen LogP contribution is -2.37. The number of carbonyl (C=O) groups excluding carboxylic acids is 1. The Bertz CT molecular complexity index is 1420. The van der Waals surface area contributed by atoms with Crippen molar-refractivity contribution >= 4 is 34.0 Å². The predicted molar refractivity (Wildman–Crippen MR) is 117 cm³/mol. The lowest BCUT2D eigenvalue weighted by atomic mass is 10.2. The second-order valence-corrected chi connectivity index (χ2v) is 6.81. The molecule has 31 heavy (non-hydrogen) atoms. The van der Waals surface area contributed by atoms with Gasteiger partial charge >= 0.3 is 5.69 Å². The first kappa shape index (κ1) is 19.9. The highest BCUT2D eigenvalue weighted by Gasteiger charge is 2.14. The van der Waals surface area contributed by atoms with Crippen molar-refractivity contribution in [3.05, 3.63) is 93.3 Å². The zero-order chi connectivity index (χ0) is 22.0. The normalized spacial score (nSPS) is 11.2. The Morgan fingerprint density at radius 3 is 2.16 bits per heavy atom. The van der Waals surface area contributed by atoms with Gasteiger partial charge in [-0.15, -0.1) is 0 Å². The van der Waals surface area contributed by atoms with E-state index in [0.29, 0.717) is 11.4 Å². The number of fused-ring (bicyclic) bond motifs is 1. The largest absolute Gasteiger partial charge is 0.332 e. The van der Waals surface area contributed by atoms with Crippen LogP contribution in [-0.2, 0) is 14.1 Å². The number of nitrogens with zero attached hydrogens (tertiary/aromatic N) is 5. The molecule has 1 amide bonds. The molecule has 0 fully saturated rings. The van der Waals surface area contributed by atoms with Crippen LogP contribution >= 0.6 is 0 Å². The van der Waals surface area contributed by atoms with Crippen LogP contribution in [0.1, 0.15) is 10.5 Å². The van der Waals surface area contributed by atoms with E-state index in [4.69, 9.17) is 0 Å². The number of aryl methyl sites for hydroxylation is 1. The van der Waals surface area contributed by atoms with Crippen LogP contribution in [-0.4, -0.2) is 20.0 Å². The van der Waals surface area contributed by atoms with Gasteiger partial charge in [-0.25, -0.2) is 9.78 Å². The van der Waals surface area contributed by atoms with Gasteiger partial charge in [0, 0.05) is 19.8 Å². The van der Waals surface area contributed by atoms with Gasteiger partial charge in [0.15, 0.2) is 0 Å². The van der Waals surface area contributed by atoms with Gasteiger partial charge in [-0.3, -0.25) is 18.7 Å². The summed E-state index contributed by atoms with van der Waals surface area (Å²) in [7, 11) is 2.90. The average Bonchev–Trinajstić information content (AvgIpc) is 2.81. The third kappa shape index (κ3) is 4.01. The fourth-order valence-corrected chi connectivity index (χ4v) is 3.00. The van der Waals surface area contributed by atoms with Gasteiger partial charge in [0.2, 0.25) is 0 Å². The lowest BCUT2D eigenvalue weighted by Gasteiger charge is -2.09. The first-order chi connectivity index (χ1) is 14.9. The Balaban J connectivity index is 1.54. The number of nitrogens with one attached hydrogen (secondary N) is 1. The van der Waals surface area contributed by atoms with E-state index in [2.05, 4.69) is 20.5 Å². The SMILES string of the molecule is Cn1c(=O)c2ccc(C(=O)Nc3ccc(N=Nc4ccccc4)cc3)nc2n(C)c1=O. The van der Waals surface area contributed by atoms with Crippen molar-refractivity contribution in [3.63, 3.8) is 0 Å². The molecule has 0 saturated carbocycles. The van der Waals surface area contributed by atoms with Crippen LogP contribution in [0.4, 0.5) is 17.1 Å². The van der Waals surface area contributed by atoms with Gasteiger partial charge in [0.25, 0.3) is 11.5 Å². The molecule has 9 heteroatoms. The molecule has 0 unspecified atom stereocenters. The Hall–Kier alpha value is -4.40. The fourth-order valence-electron chi connectivity index (χ4n) is 3.00. The van der Waals surface area contributed by atoms with Crippen molar-refractivity contribution in [2.45, 2.75) is 0 Å². The monoisotopic (exact) mass is 414 g/mol. The first-order valence-electron chi connectivity index (χ1n) is 9.39. The van der Waals surface area contributed by atoms with Crippen molar-refractivity contribution in [2.75, 3.05) is 5.32 Å². The van der Waals surface area contributed by atoms with Crippen LogP contribution in [0.3, 0.4) is 0 Å². The van der Waals surface area contributed by atoms with E-state index in [1.807, 2.05) is 30.3 Å². The highest BCUT2D eigenvalue weighted by Crippen LogP contribution is 2.20. The molecule has 0 spiro atoms. The summed E-state index contributed by atoms with van der Waals surface area (Å²) in [5.41, 5.74) is 1.19. The number of carbonyl (C=O) groups is 1. The summed E-state index contributed by atoms with van der Waals surface area (Å²) < 4.78 is 2.24. The Labute approximate surface area is 176 Å². The number of hydrogen-bond acceptors (Lipinski definition) is 6. The highest BCUT2D eigenvalue weighted by atomic mass is 16.2. The predicted octanol–water partition coefficient (Wildman–Crippen LogP) is 3.30. The van der Waals surface area contributed by atoms with E-state index in [1.165, 1.54) is 30.8 Å². The van der Waals surface area contributed by atoms with E-state index in [0.717, 1.165) is 10.3 Å². The Morgan fingerprint density at radius 1 is 0.839 bits per heavy atom. The minimum atomic E-state index is -0.511. The number of rotatable bonds is 4. The average molecular weight is 414 g/mol. The van der Waals surface area contributed by atoms with E-state index in [1.54, 1.807) is 24.3 Å². The minimum absolute atomic E-state index is 0.0867. The number of azo groups is 1. The molecule has 0 aliphatic carbocycles. The zero-order valence-corrected chi connectivity index (χ0v) is 16.8. The van der Waals surface area contributed by atoms with Gasteiger partial charge < -0.3 is 5.32 Å². The number of pyridine rings is 1. The molecule has 0 saturated heterocycles. The third-order valence-corrected chi connectivity index (χ3v) is 4.70. The van der Waals surface area contributed by atoms with Gasteiger partial charge in [-0.1, -0.05) is 18.2 Å². The van der Waals surface area contributed by atoms with Gasteiger partial charge in [-0.2, -0.15) is 10.2 Å². The summed E-state index contributed by atoms with van der Waals surface area (Å²) in [6, 6.07) is 19.1. The highest BCUT2D eigenvalue weighted by molar-refractivity contribution is 6.03. The van der Waals surface area contributed by atoms with Crippen LogP contribution in [0.2, 0.25) is 0 Å². The molecule has 154 valence electrons. The number of hydrogen-bond donors (Lipinski definition) is 1. The fraction of sp³-hybridized carbons (Fsp3) is 0.0909. The van der Waals surface area contributed by atoms with Gasteiger partial charge in [-0.05, 0) is 48.5 Å². The minimum Gasteiger partial charge on any atom is -0.321 e. The molecule has 2 heterocycles. The summed E-state index contributed by atoms with van der Waals surface area (Å²) in [6.45, 7) is 0. The third-order valence-electron chi connectivity index (χ3n) is 4.70. The van der Waals surface area contributed by atoms with E-state index < -0.39 is 17.2 Å². The van der Waals surface area contributed by atoms with Crippen molar-refractivity contribution in [1.82, 2.24) is 14.1 Å². The zero-order valence-electron chi connectivity index (χ0n) is 16.8. The van der Waals surface area contributed by atoms with Crippen LogP contribution < -0.4 is 16.6 Å². The molecule has 2 aromatic carbocycles. The maximum absolute atomic E-state index is 12.6. The maximum Gasteiger partial charge on any atom is 0.332 e. The lowest BCUT2D eigenvalue weighted by molar-refractivity contribution is 0.102. The molecule has 4 aromatic rings. The van der Waals surface area contributed by atoms with E-state index in [9.17, 15) is 14.4 Å². The number of benzene rings is 2. The summed E-state index contributed by atoms with van der Waals surface area (Å²) in [6.07, 6.45) is 0. The Kier molecular flexibility index (Phi) is 5.23. The molecule has 1 N–H and O–H groups in total. The maximum atomic E-state index is 12.6. The van der Waals surface area contributed by atoms with E-state index >= 15 is 0 Å². The summed E-state index contributed by atoms with van der Waals surface area (Å²) >= 11 is 0. The second-order valence-electron chi connectivity index (χ2n) is 6.81. The molecular formula is C22H18N6O3. The van der Waals surface area contributed by atoms with Crippen LogP contribution in [0.15, 0.2) is 86.5 Å². The molecule has 0 aliphatic rings. The summed E-state index contributed by atoms with van der Waals surface area (Å²) in [4.78, 5) is 41.2. The molecule has 0 aliphatic heterocycles. The number of aromatic nitrogens is 3. The first-order valence-corrected chi connectivity index (χ1v) is 9.39. The summed E-state index contributed by atoms with van der Waals surface area (Å²) in [5, 5.41) is 11.3. The van der Waals surface area contributed by atoms with Crippen molar-refractivity contribution in [2.24, 2.45) is 24.3 Å². The molecule has 4 rings (SSSR count). The molecule has 0 bridgehead atoms. The van der Waals surface area contributed by atoms with Crippen LogP contribution in [0, 0.1) is 0 Å². The van der Waals surface area contributed by atoms with Crippen molar-refractivity contribution < 1.29 is 4.79 Å². The second kappa shape index (κ2) is 8.15. The number of amides is 1. The standard InChI is InChI=1S/C22H18N6O3/c1-27-19-17(21(30)28(2)22(27)31)12-13-18(24-19)20(29)23-14-8-10-16(11-9-14)26-25-15-6-4-3-5-7-15/h3-13H,1-2H3,(H,23,29). The smallest absolute Gasteiger partial charge is 0.321 e. The topological polar surface area (TPSA) is 111 Å². The van der Waals surface area contributed by atoms with Gasteiger partial charge in [0.1, 0.15) is 11.3 Å². The molecular weight excluding hydrogens is 396 g/mol. The molecule has 9 nitrogen and oxygen atoms in total. The van der Waals surface area contributed by atoms with Crippen LogP contribution in [0.25, 0.3) is 11.0 Å². The quantitative estimate of drug-likeness (QED) is 0.517. The van der Waals surface area contributed by atoms with Crippen LogP contribution in [0.5, 0.6) is 0 Å². The molecule has 2 aromatic heterocycles. The number of anilines is 1. The van der Waals surface area contributed by atoms with Crippen molar-refractivity contribution in [1.29, 1.82) is 0 Å².